The Kier molecular flexibility index (Phi) is 3.51. The Bertz CT molecular complexity index is 281. The van der Waals surface area contributed by atoms with Gasteiger partial charge in [0, 0.05) is 18.2 Å². The molecule has 2 nitrogen and oxygen atoms in total. The second kappa shape index (κ2) is 4.44. The fourth-order valence-electron chi connectivity index (χ4n) is 1.04. The van der Waals surface area contributed by atoms with Crippen molar-refractivity contribution in [1.82, 2.24) is 5.32 Å². The first-order chi connectivity index (χ1) is 6.19. The molecule has 72 valence electrons. The number of benzene rings is 1. The van der Waals surface area contributed by atoms with Crippen molar-refractivity contribution in [3.05, 3.63) is 28.5 Å². The summed E-state index contributed by atoms with van der Waals surface area (Å²) >= 11 is 5.83. The molecular weight excluding hydrogens is 193 g/mol. The quantitative estimate of drug-likeness (QED) is 0.814. The van der Waals surface area contributed by atoms with E-state index in [0.717, 1.165) is 0 Å². The molecule has 0 unspecified atom stereocenters. The van der Waals surface area contributed by atoms with E-state index in [2.05, 4.69) is 5.32 Å². The van der Waals surface area contributed by atoms with Gasteiger partial charge in [0.1, 0.15) is 11.6 Å². The maximum atomic E-state index is 13.3. The minimum Gasteiger partial charge on any atom is -0.497 e. The van der Waals surface area contributed by atoms with Gasteiger partial charge in [0.25, 0.3) is 0 Å². The predicted octanol–water partition coefficient (Wildman–Crippen LogP) is 2.21. The second-order valence-electron chi connectivity index (χ2n) is 2.60. The summed E-state index contributed by atoms with van der Waals surface area (Å²) in [6.07, 6.45) is 0. The summed E-state index contributed by atoms with van der Waals surface area (Å²) in [5, 5.41) is 3.22. The lowest BCUT2D eigenvalue weighted by atomic mass is 10.2. The highest BCUT2D eigenvalue weighted by Crippen LogP contribution is 2.25. The third kappa shape index (κ3) is 2.32. The molecule has 1 aromatic rings. The van der Waals surface area contributed by atoms with Gasteiger partial charge >= 0.3 is 0 Å². The molecular formula is C9H11ClFNO. The fourth-order valence-corrected chi connectivity index (χ4v) is 1.31. The van der Waals surface area contributed by atoms with Crippen LogP contribution >= 0.6 is 11.6 Å². The molecule has 0 aliphatic heterocycles. The highest BCUT2D eigenvalue weighted by molar-refractivity contribution is 6.31. The van der Waals surface area contributed by atoms with Crippen molar-refractivity contribution in [2.75, 3.05) is 14.2 Å². The Morgan fingerprint density at radius 3 is 2.69 bits per heavy atom. The highest BCUT2D eigenvalue weighted by atomic mass is 35.5. The standard InChI is InChI=1S/C9H11ClFNO/c1-12-5-7-8(10)3-6(13-2)4-9(7)11/h3-4,12H,5H2,1-2H3. The lowest BCUT2D eigenvalue weighted by Gasteiger charge is -2.07. The van der Waals surface area contributed by atoms with Crippen LogP contribution < -0.4 is 10.1 Å². The molecule has 0 saturated heterocycles. The highest BCUT2D eigenvalue weighted by Gasteiger charge is 2.08. The number of hydrogen-bond donors (Lipinski definition) is 1. The average molecular weight is 204 g/mol. The Morgan fingerprint density at radius 2 is 2.23 bits per heavy atom. The average Bonchev–Trinajstić information content (AvgIpc) is 2.11. The summed E-state index contributed by atoms with van der Waals surface area (Å²) < 4.78 is 18.1. The summed E-state index contributed by atoms with van der Waals surface area (Å²) in [7, 11) is 3.21. The van der Waals surface area contributed by atoms with Crippen LogP contribution in [0.2, 0.25) is 5.02 Å². The molecule has 1 rings (SSSR count). The zero-order valence-electron chi connectivity index (χ0n) is 7.53. The normalized spacial score (nSPS) is 10.2. The van der Waals surface area contributed by atoms with E-state index in [1.165, 1.54) is 13.2 Å². The van der Waals surface area contributed by atoms with Crippen molar-refractivity contribution in [1.29, 1.82) is 0 Å². The smallest absolute Gasteiger partial charge is 0.132 e. The summed E-state index contributed by atoms with van der Waals surface area (Å²) in [6, 6.07) is 2.91. The number of hydrogen-bond acceptors (Lipinski definition) is 2. The van der Waals surface area contributed by atoms with Crippen LogP contribution in [0.25, 0.3) is 0 Å². The van der Waals surface area contributed by atoms with E-state index < -0.39 is 0 Å². The van der Waals surface area contributed by atoms with Crippen LogP contribution in [0.3, 0.4) is 0 Å². The van der Waals surface area contributed by atoms with Crippen LogP contribution in [-0.4, -0.2) is 14.2 Å². The summed E-state index contributed by atoms with van der Waals surface area (Å²) in [5.74, 6) is 0.0843. The Labute approximate surface area is 81.7 Å². The molecule has 0 heterocycles. The summed E-state index contributed by atoms with van der Waals surface area (Å²) in [5.41, 5.74) is 0.463. The largest absolute Gasteiger partial charge is 0.497 e. The fraction of sp³-hybridized carbons (Fsp3) is 0.333. The molecule has 1 aromatic carbocycles. The van der Waals surface area contributed by atoms with E-state index in [9.17, 15) is 4.39 Å². The Hall–Kier alpha value is -0.800. The maximum absolute atomic E-state index is 13.3. The van der Waals surface area contributed by atoms with Gasteiger partial charge in [-0.1, -0.05) is 11.6 Å². The molecule has 0 fully saturated rings. The van der Waals surface area contributed by atoms with E-state index in [1.807, 2.05) is 0 Å². The van der Waals surface area contributed by atoms with Crippen LogP contribution in [0.15, 0.2) is 12.1 Å². The third-order valence-corrected chi connectivity index (χ3v) is 2.04. The monoisotopic (exact) mass is 203 g/mol. The van der Waals surface area contributed by atoms with Crippen molar-refractivity contribution in [2.24, 2.45) is 0 Å². The number of halogens is 2. The van der Waals surface area contributed by atoms with E-state index in [-0.39, 0.29) is 5.82 Å². The van der Waals surface area contributed by atoms with Crippen molar-refractivity contribution in [2.45, 2.75) is 6.54 Å². The van der Waals surface area contributed by atoms with E-state index in [4.69, 9.17) is 16.3 Å². The van der Waals surface area contributed by atoms with Gasteiger partial charge in [-0.05, 0) is 13.1 Å². The van der Waals surface area contributed by atoms with Crippen molar-refractivity contribution in [3.8, 4) is 5.75 Å². The molecule has 0 radical (unpaired) electrons. The first-order valence-electron chi connectivity index (χ1n) is 3.85. The van der Waals surface area contributed by atoms with Gasteiger partial charge in [0.05, 0.1) is 12.1 Å². The van der Waals surface area contributed by atoms with E-state index in [1.54, 1.807) is 13.1 Å². The van der Waals surface area contributed by atoms with Crippen LogP contribution in [0.1, 0.15) is 5.56 Å². The summed E-state index contributed by atoms with van der Waals surface area (Å²) in [4.78, 5) is 0. The van der Waals surface area contributed by atoms with Crippen LogP contribution in [-0.2, 0) is 6.54 Å². The van der Waals surface area contributed by atoms with Gasteiger partial charge in [0.15, 0.2) is 0 Å². The number of nitrogens with one attached hydrogen (secondary N) is 1. The minimum absolute atomic E-state index is 0.348. The molecule has 4 heteroatoms. The number of ether oxygens (including phenoxy) is 1. The predicted molar refractivity (Wildman–Crippen MR) is 50.7 cm³/mol. The van der Waals surface area contributed by atoms with Gasteiger partial charge in [-0.3, -0.25) is 0 Å². The zero-order chi connectivity index (χ0) is 9.84. The van der Waals surface area contributed by atoms with Crippen LogP contribution in [0, 0.1) is 5.82 Å². The molecule has 0 atom stereocenters. The lowest BCUT2D eigenvalue weighted by Crippen LogP contribution is -2.07. The van der Waals surface area contributed by atoms with Crippen molar-refractivity contribution in [3.63, 3.8) is 0 Å². The topological polar surface area (TPSA) is 21.3 Å². The molecule has 0 saturated carbocycles. The van der Waals surface area contributed by atoms with Crippen molar-refractivity contribution < 1.29 is 9.13 Å². The summed E-state index contributed by atoms with van der Waals surface area (Å²) in [6.45, 7) is 0.411. The minimum atomic E-state index is -0.348. The Balaban J connectivity index is 3.07. The molecule has 0 aromatic heterocycles. The first kappa shape index (κ1) is 10.3. The van der Waals surface area contributed by atoms with Gasteiger partial charge in [0.2, 0.25) is 0 Å². The molecule has 0 spiro atoms. The van der Waals surface area contributed by atoms with Gasteiger partial charge in [-0.2, -0.15) is 0 Å². The molecule has 0 aliphatic rings. The Morgan fingerprint density at radius 1 is 1.54 bits per heavy atom. The van der Waals surface area contributed by atoms with Gasteiger partial charge in [-0.15, -0.1) is 0 Å². The van der Waals surface area contributed by atoms with Crippen molar-refractivity contribution >= 4 is 11.6 Å². The van der Waals surface area contributed by atoms with Crippen LogP contribution in [0.4, 0.5) is 4.39 Å². The first-order valence-corrected chi connectivity index (χ1v) is 4.23. The number of methoxy groups -OCH3 is 1. The SMILES string of the molecule is CNCc1c(F)cc(OC)cc1Cl. The van der Waals surface area contributed by atoms with E-state index in [0.29, 0.717) is 22.9 Å². The van der Waals surface area contributed by atoms with E-state index >= 15 is 0 Å². The van der Waals surface area contributed by atoms with Gasteiger partial charge in [-0.25, -0.2) is 4.39 Å². The third-order valence-electron chi connectivity index (χ3n) is 1.70. The number of rotatable bonds is 3. The lowest BCUT2D eigenvalue weighted by molar-refractivity contribution is 0.410. The maximum Gasteiger partial charge on any atom is 0.132 e. The molecule has 1 N–H and O–H groups in total. The molecule has 0 bridgehead atoms. The second-order valence-corrected chi connectivity index (χ2v) is 3.01. The van der Waals surface area contributed by atoms with Gasteiger partial charge < -0.3 is 10.1 Å². The molecule has 0 amide bonds. The van der Waals surface area contributed by atoms with Crippen LogP contribution in [0.5, 0.6) is 5.75 Å². The molecule has 13 heavy (non-hydrogen) atoms. The zero-order valence-corrected chi connectivity index (χ0v) is 8.28. The molecule has 0 aliphatic carbocycles.